The fraction of sp³-hybridized carbons (Fsp3) is 0.556. The topological polar surface area (TPSA) is 53.3 Å². The van der Waals surface area contributed by atoms with Gasteiger partial charge in [-0.3, -0.25) is 4.90 Å². The van der Waals surface area contributed by atoms with Crippen LogP contribution in [0.4, 0.5) is 4.79 Å². The molecule has 2 aliphatic heterocycles. The minimum absolute atomic E-state index is 0.111. The number of nitrogens with zero attached hydrogens (tertiary/aromatic N) is 2. The van der Waals surface area contributed by atoms with Gasteiger partial charge in [-0.2, -0.15) is 5.26 Å². The minimum Gasteiger partial charge on any atom is -0.444 e. The predicted octanol–water partition coefficient (Wildman–Crippen LogP) is 4.57. The summed E-state index contributed by atoms with van der Waals surface area (Å²) in [6, 6.07) is 6.41. The first-order chi connectivity index (χ1) is 10.9. The van der Waals surface area contributed by atoms with Crippen LogP contribution >= 0.6 is 11.3 Å². The van der Waals surface area contributed by atoms with E-state index in [0.717, 1.165) is 35.4 Å². The second-order valence-electron chi connectivity index (χ2n) is 7.21. The zero-order valence-electron chi connectivity index (χ0n) is 13.8. The largest absolute Gasteiger partial charge is 0.444 e. The first-order valence-corrected chi connectivity index (χ1v) is 8.91. The lowest BCUT2D eigenvalue weighted by atomic mass is 9.85. The Morgan fingerprint density at radius 1 is 1.39 bits per heavy atom. The molecule has 2 unspecified atom stereocenters. The number of hydrogen-bond acceptors (Lipinski definition) is 4. The quantitative estimate of drug-likeness (QED) is 0.758. The molecule has 0 radical (unpaired) electrons. The van der Waals surface area contributed by atoms with Crippen LogP contribution in [0.15, 0.2) is 18.2 Å². The van der Waals surface area contributed by atoms with Gasteiger partial charge < -0.3 is 4.74 Å². The number of carbonyl (C=O) groups excluding carboxylic acids is 1. The van der Waals surface area contributed by atoms with Crippen molar-refractivity contribution in [3.63, 3.8) is 0 Å². The molecule has 0 aliphatic carbocycles. The average Bonchev–Trinajstić information content (AvgIpc) is 2.92. The highest BCUT2D eigenvalue weighted by atomic mass is 32.1. The van der Waals surface area contributed by atoms with Crippen LogP contribution in [0.5, 0.6) is 0 Å². The lowest BCUT2D eigenvalue weighted by Crippen LogP contribution is -2.52. The summed E-state index contributed by atoms with van der Waals surface area (Å²) < 4.78 is 5.59. The molecule has 0 N–H and O–H groups in total. The van der Waals surface area contributed by atoms with Gasteiger partial charge in [0.25, 0.3) is 0 Å². The van der Waals surface area contributed by atoms with E-state index in [1.165, 1.54) is 16.9 Å². The number of carbonyl (C=O) groups is 1. The van der Waals surface area contributed by atoms with Gasteiger partial charge in [-0.05, 0) is 64.2 Å². The molecule has 1 aromatic heterocycles. The zero-order valence-corrected chi connectivity index (χ0v) is 14.7. The molecule has 3 rings (SSSR count). The SMILES string of the molecule is CC(C)(C)OC(=O)N1C2C=C(c3ccc(C#N)s3)CC1CCC2. The predicted molar refractivity (Wildman–Crippen MR) is 91.1 cm³/mol. The third-order valence-electron chi connectivity index (χ3n) is 4.27. The van der Waals surface area contributed by atoms with Gasteiger partial charge in [-0.15, -0.1) is 11.3 Å². The third-order valence-corrected chi connectivity index (χ3v) is 5.34. The fourth-order valence-corrected chi connectivity index (χ4v) is 4.22. The molecule has 2 bridgehead atoms. The smallest absolute Gasteiger partial charge is 0.411 e. The van der Waals surface area contributed by atoms with Gasteiger partial charge in [0.1, 0.15) is 16.5 Å². The second kappa shape index (κ2) is 6.01. The molecule has 0 aromatic carbocycles. The van der Waals surface area contributed by atoms with Crippen molar-refractivity contribution < 1.29 is 9.53 Å². The molecule has 1 fully saturated rings. The van der Waals surface area contributed by atoms with Gasteiger partial charge in [0.2, 0.25) is 0 Å². The fourth-order valence-electron chi connectivity index (χ4n) is 3.38. The highest BCUT2D eigenvalue weighted by Crippen LogP contribution is 2.39. The lowest BCUT2D eigenvalue weighted by molar-refractivity contribution is 0.000102. The van der Waals surface area contributed by atoms with Gasteiger partial charge in [0, 0.05) is 10.9 Å². The summed E-state index contributed by atoms with van der Waals surface area (Å²) in [5.74, 6) is 0. The van der Waals surface area contributed by atoms with Gasteiger partial charge in [-0.25, -0.2) is 4.79 Å². The summed E-state index contributed by atoms with van der Waals surface area (Å²) in [6.07, 6.45) is 5.99. The van der Waals surface area contributed by atoms with Crippen LogP contribution in [0.3, 0.4) is 0 Å². The summed E-state index contributed by atoms with van der Waals surface area (Å²) in [4.78, 5) is 16.4. The Bertz CT molecular complexity index is 678. The van der Waals surface area contributed by atoms with E-state index in [0.29, 0.717) is 0 Å². The first kappa shape index (κ1) is 16.1. The Kier molecular flexibility index (Phi) is 4.20. The van der Waals surface area contributed by atoms with E-state index >= 15 is 0 Å². The summed E-state index contributed by atoms with van der Waals surface area (Å²) in [6.45, 7) is 5.71. The molecule has 3 heterocycles. The van der Waals surface area contributed by atoms with Crippen molar-refractivity contribution in [2.24, 2.45) is 0 Å². The van der Waals surface area contributed by atoms with E-state index in [9.17, 15) is 4.79 Å². The van der Waals surface area contributed by atoms with Crippen LogP contribution in [0.1, 0.15) is 56.2 Å². The number of thiophene rings is 1. The molecule has 4 nitrogen and oxygen atoms in total. The van der Waals surface area contributed by atoms with Gasteiger partial charge >= 0.3 is 6.09 Å². The van der Waals surface area contributed by atoms with Crippen molar-refractivity contribution in [1.82, 2.24) is 4.90 Å². The van der Waals surface area contributed by atoms with E-state index in [1.54, 1.807) is 0 Å². The van der Waals surface area contributed by atoms with Crippen LogP contribution < -0.4 is 0 Å². The van der Waals surface area contributed by atoms with E-state index in [-0.39, 0.29) is 18.2 Å². The molecule has 1 amide bonds. The molecular formula is C18H22N2O2S. The van der Waals surface area contributed by atoms with Crippen LogP contribution in [-0.4, -0.2) is 28.7 Å². The highest BCUT2D eigenvalue weighted by molar-refractivity contribution is 7.13. The van der Waals surface area contributed by atoms with Crippen LogP contribution in [0, 0.1) is 11.3 Å². The molecule has 0 spiro atoms. The standard InChI is InChI=1S/C18H22N2O2S/c1-18(2,3)22-17(21)20-13-5-4-6-14(20)10-12(9-13)16-8-7-15(11-19)23-16/h7-9,13-14H,4-6,10H2,1-3H3. The van der Waals surface area contributed by atoms with Gasteiger partial charge in [0.05, 0.1) is 6.04 Å². The maximum absolute atomic E-state index is 12.6. The Morgan fingerprint density at radius 3 is 2.78 bits per heavy atom. The van der Waals surface area contributed by atoms with Crippen molar-refractivity contribution in [2.75, 3.05) is 0 Å². The van der Waals surface area contributed by atoms with E-state index in [4.69, 9.17) is 10.00 Å². The van der Waals surface area contributed by atoms with E-state index < -0.39 is 5.60 Å². The molecule has 122 valence electrons. The highest BCUT2D eigenvalue weighted by Gasteiger charge is 2.39. The molecular weight excluding hydrogens is 308 g/mol. The van der Waals surface area contributed by atoms with Crippen LogP contribution in [0.25, 0.3) is 5.57 Å². The Balaban J connectivity index is 1.84. The minimum atomic E-state index is -0.467. The first-order valence-electron chi connectivity index (χ1n) is 8.10. The summed E-state index contributed by atoms with van der Waals surface area (Å²) in [5.41, 5.74) is 0.802. The van der Waals surface area contributed by atoms with Crippen molar-refractivity contribution in [3.05, 3.63) is 28.0 Å². The van der Waals surface area contributed by atoms with E-state index in [2.05, 4.69) is 12.1 Å². The normalized spacial score (nSPS) is 23.9. The number of nitriles is 1. The second-order valence-corrected chi connectivity index (χ2v) is 8.30. The lowest BCUT2D eigenvalue weighted by Gasteiger charge is -2.45. The van der Waals surface area contributed by atoms with Crippen molar-refractivity contribution in [1.29, 1.82) is 5.26 Å². The number of ether oxygens (including phenoxy) is 1. The monoisotopic (exact) mass is 330 g/mol. The molecule has 2 atom stereocenters. The number of fused-ring (bicyclic) bond motifs is 2. The number of amides is 1. The van der Waals surface area contributed by atoms with Gasteiger partial charge in [0.15, 0.2) is 0 Å². The molecule has 1 aromatic rings. The number of hydrogen-bond donors (Lipinski definition) is 0. The van der Waals surface area contributed by atoms with Gasteiger partial charge in [-0.1, -0.05) is 6.08 Å². The molecule has 5 heteroatoms. The Hall–Kier alpha value is -1.80. The van der Waals surface area contributed by atoms with E-state index in [1.807, 2.05) is 37.8 Å². The average molecular weight is 330 g/mol. The molecule has 1 saturated heterocycles. The maximum atomic E-state index is 12.6. The van der Waals surface area contributed by atoms with Crippen molar-refractivity contribution >= 4 is 23.0 Å². The Labute approximate surface area is 141 Å². The summed E-state index contributed by atoms with van der Waals surface area (Å²) in [5, 5.41) is 9.01. The van der Waals surface area contributed by atoms with Crippen molar-refractivity contribution in [2.45, 2.75) is 64.1 Å². The number of rotatable bonds is 1. The molecule has 23 heavy (non-hydrogen) atoms. The third kappa shape index (κ3) is 3.42. The van der Waals surface area contributed by atoms with Crippen LogP contribution in [0.2, 0.25) is 0 Å². The summed E-state index contributed by atoms with van der Waals surface area (Å²) >= 11 is 1.53. The molecule has 0 saturated carbocycles. The zero-order chi connectivity index (χ0) is 16.6. The Morgan fingerprint density at radius 2 is 2.17 bits per heavy atom. The van der Waals surface area contributed by atoms with Crippen molar-refractivity contribution in [3.8, 4) is 6.07 Å². The maximum Gasteiger partial charge on any atom is 0.411 e. The molecule has 2 aliphatic rings. The number of piperidine rings is 1. The van der Waals surface area contributed by atoms with Crippen LogP contribution in [-0.2, 0) is 4.74 Å². The summed E-state index contributed by atoms with van der Waals surface area (Å²) in [7, 11) is 0.